The van der Waals surface area contributed by atoms with E-state index in [0.717, 1.165) is 12.1 Å². The number of hydrogen-bond donors (Lipinski definition) is 7. The van der Waals surface area contributed by atoms with Crippen molar-refractivity contribution in [2.75, 3.05) is 0 Å². The number of aliphatic hydroxyl groups is 3. The van der Waals surface area contributed by atoms with Gasteiger partial charge in [-0.15, -0.1) is 0 Å². The van der Waals surface area contributed by atoms with Crippen molar-refractivity contribution >= 4 is 16.9 Å². The van der Waals surface area contributed by atoms with E-state index in [-0.39, 0.29) is 22.7 Å². The smallest absolute Gasteiger partial charge is 0.335 e. The van der Waals surface area contributed by atoms with Gasteiger partial charge in [-0.3, -0.25) is 4.79 Å². The first kappa shape index (κ1) is 22.4. The van der Waals surface area contributed by atoms with Crippen molar-refractivity contribution in [2.24, 2.45) is 0 Å². The second-order valence-corrected chi connectivity index (χ2v) is 7.29. The predicted octanol–water partition coefficient (Wildman–Crippen LogP) is -0.152. The molecule has 1 fully saturated rings. The Morgan fingerprint density at radius 3 is 2.30 bits per heavy atom. The number of hydrogen-bond acceptors (Lipinski definition) is 11. The van der Waals surface area contributed by atoms with Gasteiger partial charge in [-0.25, -0.2) is 4.79 Å². The van der Waals surface area contributed by atoms with Crippen molar-refractivity contribution < 1.29 is 54.4 Å². The molecular weight excluding hydrogens is 444 g/mol. The Hall–Kier alpha value is -3.84. The molecule has 0 amide bonds. The Kier molecular flexibility index (Phi) is 5.59. The quantitative estimate of drug-likeness (QED) is 0.253. The van der Waals surface area contributed by atoms with Crippen LogP contribution < -0.4 is 10.2 Å². The number of benzene rings is 2. The van der Waals surface area contributed by atoms with Gasteiger partial charge in [-0.05, 0) is 12.1 Å². The molecule has 174 valence electrons. The van der Waals surface area contributed by atoms with Crippen molar-refractivity contribution in [2.45, 2.75) is 30.7 Å². The van der Waals surface area contributed by atoms with Crippen LogP contribution in [0.2, 0.25) is 0 Å². The summed E-state index contributed by atoms with van der Waals surface area (Å²) in [5.41, 5.74) is -0.877. The molecule has 4 rings (SSSR count). The van der Waals surface area contributed by atoms with E-state index in [2.05, 4.69) is 0 Å². The van der Waals surface area contributed by atoms with E-state index in [1.807, 2.05) is 0 Å². The molecule has 1 unspecified atom stereocenters. The normalized spacial score (nSPS) is 25.1. The number of ether oxygens (including phenoxy) is 2. The molecule has 1 aromatic heterocycles. The van der Waals surface area contributed by atoms with Gasteiger partial charge in [0.15, 0.2) is 23.0 Å². The van der Waals surface area contributed by atoms with Crippen LogP contribution in [0.3, 0.4) is 0 Å². The molecule has 2 heterocycles. The maximum Gasteiger partial charge on any atom is 0.335 e. The van der Waals surface area contributed by atoms with Crippen LogP contribution in [0.4, 0.5) is 0 Å². The van der Waals surface area contributed by atoms with Crippen molar-refractivity contribution in [3.05, 3.63) is 46.6 Å². The lowest BCUT2D eigenvalue weighted by molar-refractivity contribution is -0.271. The monoisotopic (exact) mass is 462 g/mol. The number of rotatable bonds is 4. The highest BCUT2D eigenvalue weighted by Crippen LogP contribution is 2.43. The maximum atomic E-state index is 12.6. The molecule has 33 heavy (non-hydrogen) atoms. The van der Waals surface area contributed by atoms with Gasteiger partial charge < -0.3 is 49.6 Å². The number of carbonyl (C=O) groups is 1. The lowest BCUT2D eigenvalue weighted by atomic mass is 9.99. The summed E-state index contributed by atoms with van der Waals surface area (Å²) in [7, 11) is 0. The van der Waals surface area contributed by atoms with Crippen LogP contribution in [0.1, 0.15) is 0 Å². The number of carboxylic acid groups (broad SMARTS) is 1. The van der Waals surface area contributed by atoms with Gasteiger partial charge in [0.1, 0.15) is 40.8 Å². The van der Waals surface area contributed by atoms with Crippen LogP contribution in [-0.2, 0) is 9.53 Å². The summed E-state index contributed by atoms with van der Waals surface area (Å²) < 4.78 is 15.9. The number of aliphatic carboxylic acids is 1. The predicted molar refractivity (Wildman–Crippen MR) is 108 cm³/mol. The first-order chi connectivity index (χ1) is 15.6. The summed E-state index contributed by atoms with van der Waals surface area (Å²) in [4.78, 5) is 23.8. The highest BCUT2D eigenvalue weighted by atomic mass is 16.7. The zero-order chi connectivity index (χ0) is 24.0. The van der Waals surface area contributed by atoms with Crippen molar-refractivity contribution in [1.82, 2.24) is 0 Å². The number of phenols is 3. The summed E-state index contributed by atoms with van der Waals surface area (Å²) in [5.74, 6) is -4.38. The highest BCUT2D eigenvalue weighted by molar-refractivity contribution is 5.89. The van der Waals surface area contributed by atoms with Gasteiger partial charge in [0.25, 0.3) is 0 Å². The average Bonchev–Trinajstić information content (AvgIpc) is 2.77. The molecule has 2 aromatic carbocycles. The van der Waals surface area contributed by atoms with Crippen LogP contribution >= 0.6 is 0 Å². The minimum Gasteiger partial charge on any atom is -0.507 e. The molecule has 12 heteroatoms. The molecule has 12 nitrogen and oxygen atoms in total. The first-order valence-corrected chi connectivity index (χ1v) is 9.50. The zero-order valence-corrected chi connectivity index (χ0v) is 16.5. The zero-order valence-electron chi connectivity index (χ0n) is 16.5. The lowest BCUT2D eigenvalue weighted by Crippen LogP contribution is -2.61. The number of carboxylic acids is 1. The van der Waals surface area contributed by atoms with Crippen LogP contribution in [0, 0.1) is 0 Å². The first-order valence-electron chi connectivity index (χ1n) is 9.50. The number of phenolic OH excluding ortho intramolecular Hbond substituents is 3. The minimum absolute atomic E-state index is 0.0694. The Bertz CT molecular complexity index is 1280. The Labute approximate surface area is 183 Å². The number of para-hydroxylation sites is 1. The molecule has 0 radical (unpaired) electrons. The van der Waals surface area contributed by atoms with E-state index in [1.54, 1.807) is 12.1 Å². The van der Waals surface area contributed by atoms with E-state index in [4.69, 9.17) is 19.0 Å². The van der Waals surface area contributed by atoms with Gasteiger partial charge in [-0.2, -0.15) is 0 Å². The summed E-state index contributed by atoms with van der Waals surface area (Å²) >= 11 is 0. The fourth-order valence-corrected chi connectivity index (χ4v) is 3.45. The molecule has 0 saturated carbocycles. The molecule has 1 aliphatic heterocycles. The van der Waals surface area contributed by atoms with Gasteiger partial charge >= 0.3 is 5.97 Å². The second kappa shape index (κ2) is 8.26. The van der Waals surface area contributed by atoms with Gasteiger partial charge in [-0.1, -0.05) is 12.1 Å². The third-order valence-electron chi connectivity index (χ3n) is 5.16. The average molecular weight is 462 g/mol. The third-order valence-corrected chi connectivity index (χ3v) is 5.16. The lowest BCUT2D eigenvalue weighted by Gasteiger charge is -2.38. The molecule has 3 aromatic rings. The Morgan fingerprint density at radius 2 is 1.64 bits per heavy atom. The van der Waals surface area contributed by atoms with Crippen LogP contribution in [0.5, 0.6) is 23.0 Å². The molecule has 1 saturated heterocycles. The summed E-state index contributed by atoms with van der Waals surface area (Å²) in [5, 5.41) is 69.2. The summed E-state index contributed by atoms with van der Waals surface area (Å²) in [6, 6.07) is 7.95. The van der Waals surface area contributed by atoms with Crippen LogP contribution in [0.15, 0.2) is 45.6 Å². The van der Waals surface area contributed by atoms with Crippen molar-refractivity contribution in [3.8, 4) is 34.3 Å². The standard InChI is InChI=1S/C21H18O12/c22-8-4-2-1-3-7(8)10-5-9(23)13-11(31-10)6-12(14(24)15(13)25)32-21-18(28)16(26)17(27)19(33-21)20(29)30/h1-6,16-19,21-22,24-28H,(H,29,30)/t16-,17-,18+,19-,21?/m0/s1. The molecule has 0 aliphatic carbocycles. The summed E-state index contributed by atoms with van der Waals surface area (Å²) in [6.07, 6.45) is -9.72. The molecule has 7 N–H and O–H groups in total. The van der Waals surface area contributed by atoms with E-state index in [0.29, 0.717) is 0 Å². The molecule has 5 atom stereocenters. The number of aromatic hydroxyl groups is 3. The van der Waals surface area contributed by atoms with Crippen molar-refractivity contribution in [1.29, 1.82) is 0 Å². The number of fused-ring (bicyclic) bond motifs is 1. The van der Waals surface area contributed by atoms with Crippen molar-refractivity contribution in [3.63, 3.8) is 0 Å². The fraction of sp³-hybridized carbons (Fsp3) is 0.238. The minimum atomic E-state index is -1.97. The topological polar surface area (TPSA) is 207 Å². The SMILES string of the molecule is O=C(O)[C@H]1OC(Oc2cc3oc(-c4ccccc4O)cc(=O)c3c(O)c2O)[C@H](O)[C@@H](O)[C@@H]1O. The van der Waals surface area contributed by atoms with E-state index < -0.39 is 64.7 Å². The summed E-state index contributed by atoms with van der Waals surface area (Å²) in [6.45, 7) is 0. The van der Waals surface area contributed by atoms with Crippen LogP contribution in [-0.4, -0.2) is 72.4 Å². The largest absolute Gasteiger partial charge is 0.507 e. The molecule has 0 bridgehead atoms. The van der Waals surface area contributed by atoms with E-state index >= 15 is 0 Å². The Balaban J connectivity index is 1.78. The molecular formula is C21H18O12. The van der Waals surface area contributed by atoms with E-state index in [9.17, 15) is 40.2 Å². The number of aliphatic hydroxyl groups excluding tert-OH is 3. The van der Waals surface area contributed by atoms with E-state index in [1.165, 1.54) is 12.1 Å². The second-order valence-electron chi connectivity index (χ2n) is 7.29. The Morgan fingerprint density at radius 1 is 0.939 bits per heavy atom. The van der Waals surface area contributed by atoms with Gasteiger partial charge in [0, 0.05) is 12.1 Å². The van der Waals surface area contributed by atoms with Crippen LogP contribution in [0.25, 0.3) is 22.3 Å². The fourth-order valence-electron chi connectivity index (χ4n) is 3.45. The van der Waals surface area contributed by atoms with Gasteiger partial charge in [0.05, 0.1) is 5.56 Å². The molecule has 0 spiro atoms. The third kappa shape index (κ3) is 3.81. The maximum absolute atomic E-state index is 12.6. The highest BCUT2D eigenvalue weighted by Gasteiger charge is 2.48. The molecule has 1 aliphatic rings. The van der Waals surface area contributed by atoms with Gasteiger partial charge in [0.2, 0.25) is 12.0 Å².